The van der Waals surface area contributed by atoms with E-state index in [-0.39, 0.29) is 0 Å². The Bertz CT molecular complexity index is 423. The van der Waals surface area contributed by atoms with Crippen LogP contribution < -0.4 is 10.2 Å². The number of benzene rings is 1. The van der Waals surface area contributed by atoms with Gasteiger partial charge in [0.1, 0.15) is 0 Å². The number of nitrogens with zero attached hydrogens (tertiary/aromatic N) is 1. The highest BCUT2D eigenvalue weighted by Crippen LogP contribution is 2.32. The van der Waals surface area contributed by atoms with E-state index in [0.29, 0.717) is 0 Å². The third kappa shape index (κ3) is 3.67. The van der Waals surface area contributed by atoms with Crippen molar-refractivity contribution < 1.29 is 0 Å². The normalized spacial score (nSPS) is 16.9. The fourth-order valence-corrected chi connectivity index (χ4v) is 3.31. The van der Waals surface area contributed by atoms with Crippen LogP contribution in [0.4, 0.5) is 5.69 Å². The fourth-order valence-electron chi connectivity index (χ4n) is 3.08. The molecule has 112 valence electrons. The van der Waals surface area contributed by atoms with Gasteiger partial charge in [0.15, 0.2) is 0 Å². The summed E-state index contributed by atoms with van der Waals surface area (Å²) in [4.78, 5) is 2.51. The van der Waals surface area contributed by atoms with Gasteiger partial charge in [-0.3, -0.25) is 0 Å². The van der Waals surface area contributed by atoms with Gasteiger partial charge in [-0.25, -0.2) is 0 Å². The summed E-state index contributed by atoms with van der Waals surface area (Å²) in [5, 5.41) is 4.28. The first-order valence-corrected chi connectivity index (χ1v) is 8.24. The van der Waals surface area contributed by atoms with E-state index >= 15 is 0 Å². The molecule has 1 N–H and O–H groups in total. The van der Waals surface area contributed by atoms with Crippen LogP contribution in [0.15, 0.2) is 18.2 Å². The zero-order chi connectivity index (χ0) is 14.5. The summed E-state index contributed by atoms with van der Waals surface area (Å²) >= 11 is 6.40. The molecule has 1 aliphatic heterocycles. The zero-order valence-electron chi connectivity index (χ0n) is 13.0. The number of piperidine rings is 1. The van der Waals surface area contributed by atoms with Crippen molar-refractivity contribution in [2.24, 2.45) is 11.8 Å². The van der Waals surface area contributed by atoms with Crippen LogP contribution in [0.25, 0.3) is 0 Å². The topological polar surface area (TPSA) is 15.3 Å². The molecule has 3 heteroatoms. The predicted octanol–water partition coefficient (Wildman–Crippen LogP) is 4.32. The lowest BCUT2D eigenvalue weighted by Gasteiger charge is -2.36. The highest BCUT2D eigenvalue weighted by molar-refractivity contribution is 6.31. The summed E-state index contributed by atoms with van der Waals surface area (Å²) in [6.45, 7) is 11.0. The molecule has 0 unspecified atom stereocenters. The molecule has 1 aromatic carbocycles. The minimum atomic E-state index is 0.803. The molecule has 1 heterocycles. The van der Waals surface area contributed by atoms with Gasteiger partial charge in [-0.1, -0.05) is 38.4 Å². The average Bonchev–Trinajstić information content (AvgIpc) is 2.46. The Balaban J connectivity index is 2.11. The number of halogens is 1. The summed E-state index contributed by atoms with van der Waals surface area (Å²) in [7, 11) is 0. The van der Waals surface area contributed by atoms with Crippen LogP contribution in [0.2, 0.25) is 5.02 Å². The predicted molar refractivity (Wildman–Crippen MR) is 88.6 cm³/mol. The first-order valence-electron chi connectivity index (χ1n) is 7.86. The molecule has 0 aromatic heterocycles. The van der Waals surface area contributed by atoms with Gasteiger partial charge in [-0.05, 0) is 43.4 Å². The van der Waals surface area contributed by atoms with Crippen LogP contribution in [0.3, 0.4) is 0 Å². The van der Waals surface area contributed by atoms with Gasteiger partial charge in [-0.2, -0.15) is 0 Å². The van der Waals surface area contributed by atoms with Crippen molar-refractivity contribution in [3.05, 3.63) is 28.8 Å². The summed E-state index contributed by atoms with van der Waals surface area (Å²) < 4.78 is 0. The van der Waals surface area contributed by atoms with Gasteiger partial charge in [0.2, 0.25) is 0 Å². The molecule has 0 spiro atoms. The number of hydrogen-bond donors (Lipinski definition) is 1. The summed E-state index contributed by atoms with van der Waals surface area (Å²) in [6.07, 6.45) is 2.59. The van der Waals surface area contributed by atoms with Crippen LogP contribution in [0.1, 0.15) is 39.2 Å². The van der Waals surface area contributed by atoms with Crippen LogP contribution in [-0.4, -0.2) is 19.6 Å². The standard InChI is InChI=1S/C17H27ClN2/c1-4-19-12-15-16(18)6-5-7-17(15)20-10-8-14(9-11-20)13(2)3/h5-7,13-14,19H,4,8-12H2,1-3H3. The molecule has 0 bridgehead atoms. The Morgan fingerprint density at radius 3 is 2.60 bits per heavy atom. The van der Waals surface area contributed by atoms with E-state index in [1.807, 2.05) is 6.07 Å². The number of rotatable bonds is 5. The number of anilines is 1. The SMILES string of the molecule is CCNCc1c(Cl)cccc1N1CCC(C(C)C)CC1. The van der Waals surface area contributed by atoms with E-state index in [1.165, 1.54) is 24.1 Å². The van der Waals surface area contributed by atoms with Crippen molar-refractivity contribution in [1.29, 1.82) is 0 Å². The van der Waals surface area contributed by atoms with E-state index in [0.717, 1.165) is 43.0 Å². The lowest BCUT2D eigenvalue weighted by Crippen LogP contribution is -2.36. The number of hydrogen-bond acceptors (Lipinski definition) is 2. The second-order valence-corrected chi connectivity index (χ2v) is 6.49. The molecule has 0 radical (unpaired) electrons. The molecule has 2 rings (SSSR count). The smallest absolute Gasteiger partial charge is 0.0471 e. The fraction of sp³-hybridized carbons (Fsp3) is 0.647. The Kier molecular flexibility index (Phi) is 5.74. The van der Waals surface area contributed by atoms with Gasteiger partial charge in [-0.15, -0.1) is 0 Å². The van der Waals surface area contributed by atoms with Crippen molar-refractivity contribution in [2.75, 3.05) is 24.5 Å². The molecule has 1 aliphatic rings. The highest BCUT2D eigenvalue weighted by atomic mass is 35.5. The van der Waals surface area contributed by atoms with Crippen LogP contribution in [0.5, 0.6) is 0 Å². The first kappa shape index (κ1) is 15.7. The molecule has 0 amide bonds. The summed E-state index contributed by atoms with van der Waals surface area (Å²) in [6, 6.07) is 6.29. The van der Waals surface area contributed by atoms with Crippen LogP contribution in [-0.2, 0) is 6.54 Å². The second kappa shape index (κ2) is 7.33. The van der Waals surface area contributed by atoms with Crippen LogP contribution >= 0.6 is 11.6 Å². The number of nitrogens with one attached hydrogen (secondary N) is 1. The van der Waals surface area contributed by atoms with Crippen molar-refractivity contribution in [3.63, 3.8) is 0 Å². The lowest BCUT2D eigenvalue weighted by atomic mass is 9.86. The quantitative estimate of drug-likeness (QED) is 0.870. The Morgan fingerprint density at radius 1 is 1.30 bits per heavy atom. The third-order valence-electron chi connectivity index (χ3n) is 4.47. The van der Waals surface area contributed by atoms with Gasteiger partial charge in [0.05, 0.1) is 0 Å². The molecule has 2 nitrogen and oxygen atoms in total. The van der Waals surface area contributed by atoms with Crippen LogP contribution in [0, 0.1) is 11.8 Å². The molecular formula is C17H27ClN2. The second-order valence-electron chi connectivity index (χ2n) is 6.09. The summed E-state index contributed by atoms with van der Waals surface area (Å²) in [5.41, 5.74) is 2.57. The minimum Gasteiger partial charge on any atom is -0.371 e. The van der Waals surface area contributed by atoms with Crippen molar-refractivity contribution in [3.8, 4) is 0 Å². The molecule has 1 aromatic rings. The molecule has 0 saturated carbocycles. The zero-order valence-corrected chi connectivity index (χ0v) is 13.7. The van der Waals surface area contributed by atoms with E-state index in [2.05, 4.69) is 43.1 Å². The van der Waals surface area contributed by atoms with Crippen molar-refractivity contribution in [2.45, 2.75) is 40.2 Å². The van der Waals surface area contributed by atoms with E-state index < -0.39 is 0 Å². The molecule has 0 aliphatic carbocycles. The van der Waals surface area contributed by atoms with Gasteiger partial charge >= 0.3 is 0 Å². The Labute approximate surface area is 128 Å². The van der Waals surface area contributed by atoms with Gasteiger partial charge in [0, 0.05) is 35.9 Å². The molecule has 1 fully saturated rings. The maximum atomic E-state index is 6.40. The van der Waals surface area contributed by atoms with E-state index in [1.54, 1.807) is 0 Å². The Hall–Kier alpha value is -0.730. The average molecular weight is 295 g/mol. The van der Waals surface area contributed by atoms with Gasteiger partial charge < -0.3 is 10.2 Å². The Morgan fingerprint density at radius 2 is 2.00 bits per heavy atom. The third-order valence-corrected chi connectivity index (χ3v) is 4.82. The largest absolute Gasteiger partial charge is 0.371 e. The maximum Gasteiger partial charge on any atom is 0.0471 e. The molecular weight excluding hydrogens is 268 g/mol. The monoisotopic (exact) mass is 294 g/mol. The minimum absolute atomic E-state index is 0.803. The van der Waals surface area contributed by atoms with E-state index in [9.17, 15) is 0 Å². The lowest BCUT2D eigenvalue weighted by molar-refractivity contribution is 0.311. The maximum absolute atomic E-state index is 6.40. The highest BCUT2D eigenvalue weighted by Gasteiger charge is 2.23. The van der Waals surface area contributed by atoms with Crippen molar-refractivity contribution in [1.82, 2.24) is 5.32 Å². The van der Waals surface area contributed by atoms with E-state index in [4.69, 9.17) is 11.6 Å². The molecule has 1 saturated heterocycles. The molecule has 20 heavy (non-hydrogen) atoms. The van der Waals surface area contributed by atoms with Gasteiger partial charge in [0.25, 0.3) is 0 Å². The summed E-state index contributed by atoms with van der Waals surface area (Å²) in [5.74, 6) is 1.68. The first-order chi connectivity index (χ1) is 9.63. The molecule has 0 atom stereocenters. The van der Waals surface area contributed by atoms with Crippen molar-refractivity contribution >= 4 is 17.3 Å².